The molecule has 36 heavy (non-hydrogen) atoms. The normalized spacial score (nSPS) is 17.1. The van der Waals surface area contributed by atoms with Crippen molar-refractivity contribution in [2.24, 2.45) is 5.92 Å². The number of nitrogens with zero attached hydrogens (tertiary/aromatic N) is 3. The minimum Gasteiger partial charge on any atom is -0.493 e. The standard InChI is InChI=1S/C27H33N3O6/c1-6-8-11-16-29-25(31)21(26(32)36-7-2)22(30-19-13-10-9-12-18(19)28-27(29)30)17-14-15-20(33-3)24(35-5)23(17)34-4/h9-10,12-15,21-22H,6-8,11,16H2,1-5H3. The molecule has 2 aromatic carbocycles. The first kappa shape index (κ1) is 25.3. The average molecular weight is 496 g/mol. The number of para-hydroxylation sites is 2. The number of rotatable bonds is 10. The van der Waals surface area contributed by atoms with Crippen LogP contribution in [0.4, 0.5) is 5.95 Å². The number of imidazole rings is 1. The van der Waals surface area contributed by atoms with Gasteiger partial charge in [-0.15, -0.1) is 0 Å². The topological polar surface area (TPSA) is 92.1 Å². The van der Waals surface area contributed by atoms with Crippen LogP contribution in [0, 0.1) is 5.92 Å². The van der Waals surface area contributed by atoms with E-state index in [2.05, 4.69) is 6.92 Å². The van der Waals surface area contributed by atoms with Crippen molar-refractivity contribution in [2.45, 2.75) is 39.2 Å². The number of anilines is 1. The summed E-state index contributed by atoms with van der Waals surface area (Å²) in [7, 11) is 4.58. The summed E-state index contributed by atoms with van der Waals surface area (Å²) in [5.41, 5.74) is 2.13. The van der Waals surface area contributed by atoms with Crippen LogP contribution < -0.4 is 19.1 Å². The monoisotopic (exact) mass is 495 g/mol. The number of fused-ring (bicyclic) bond motifs is 3. The van der Waals surface area contributed by atoms with Crippen molar-refractivity contribution < 1.29 is 28.5 Å². The summed E-state index contributed by atoms with van der Waals surface area (Å²) >= 11 is 0. The zero-order chi connectivity index (χ0) is 25.8. The third-order valence-corrected chi connectivity index (χ3v) is 6.52. The highest BCUT2D eigenvalue weighted by molar-refractivity contribution is 6.08. The molecule has 0 bridgehead atoms. The number of aromatic nitrogens is 2. The fourth-order valence-electron chi connectivity index (χ4n) is 4.91. The van der Waals surface area contributed by atoms with Crippen LogP contribution in [-0.2, 0) is 14.3 Å². The first-order valence-electron chi connectivity index (χ1n) is 12.3. The van der Waals surface area contributed by atoms with Crippen LogP contribution in [0.2, 0.25) is 0 Å². The maximum atomic E-state index is 14.0. The number of methoxy groups -OCH3 is 3. The van der Waals surface area contributed by atoms with Gasteiger partial charge in [-0.2, -0.15) is 0 Å². The zero-order valence-electron chi connectivity index (χ0n) is 21.4. The highest BCUT2D eigenvalue weighted by atomic mass is 16.5. The van der Waals surface area contributed by atoms with Gasteiger partial charge in [0.15, 0.2) is 17.4 Å². The van der Waals surface area contributed by atoms with Crippen LogP contribution >= 0.6 is 0 Å². The molecule has 9 heteroatoms. The van der Waals surface area contributed by atoms with Crippen molar-refractivity contribution in [3.8, 4) is 17.2 Å². The first-order chi connectivity index (χ1) is 17.5. The molecule has 1 aliphatic heterocycles. The lowest BCUT2D eigenvalue weighted by Crippen LogP contribution is -2.50. The van der Waals surface area contributed by atoms with E-state index >= 15 is 0 Å². The van der Waals surface area contributed by atoms with Gasteiger partial charge in [0.05, 0.1) is 45.0 Å². The molecular formula is C27H33N3O6. The lowest BCUT2D eigenvalue weighted by molar-refractivity contribution is -0.153. The lowest BCUT2D eigenvalue weighted by atomic mass is 9.88. The predicted molar refractivity (Wildman–Crippen MR) is 136 cm³/mol. The number of benzene rings is 2. The first-order valence-corrected chi connectivity index (χ1v) is 12.3. The van der Waals surface area contributed by atoms with Crippen LogP contribution in [0.3, 0.4) is 0 Å². The van der Waals surface area contributed by atoms with Crippen molar-refractivity contribution in [2.75, 3.05) is 39.4 Å². The van der Waals surface area contributed by atoms with E-state index in [0.29, 0.717) is 35.3 Å². The van der Waals surface area contributed by atoms with E-state index in [9.17, 15) is 9.59 Å². The minimum atomic E-state index is -1.14. The number of hydrogen-bond acceptors (Lipinski definition) is 7. The predicted octanol–water partition coefficient (Wildman–Crippen LogP) is 4.37. The molecule has 2 unspecified atom stereocenters. The fourth-order valence-corrected chi connectivity index (χ4v) is 4.91. The maximum absolute atomic E-state index is 14.0. The van der Waals surface area contributed by atoms with Crippen LogP contribution in [0.1, 0.15) is 44.7 Å². The number of carbonyl (C=O) groups is 2. The Hall–Kier alpha value is -3.75. The Morgan fingerprint density at radius 1 is 0.972 bits per heavy atom. The SMILES string of the molecule is CCCCCN1C(=O)C(C(=O)OCC)C(c2ccc(OC)c(OC)c2OC)n2c1nc1ccccc12. The summed E-state index contributed by atoms with van der Waals surface area (Å²) in [5, 5.41) is 0. The molecule has 4 rings (SSSR count). The van der Waals surface area contributed by atoms with Crippen molar-refractivity contribution in [3.05, 3.63) is 42.0 Å². The fraction of sp³-hybridized carbons (Fsp3) is 0.444. The number of ether oxygens (including phenoxy) is 4. The van der Waals surface area contributed by atoms with E-state index in [1.807, 2.05) is 28.8 Å². The van der Waals surface area contributed by atoms with Gasteiger partial charge in [0.25, 0.3) is 0 Å². The van der Waals surface area contributed by atoms with Crippen molar-refractivity contribution in [1.29, 1.82) is 0 Å². The van der Waals surface area contributed by atoms with E-state index in [0.717, 1.165) is 30.3 Å². The Kier molecular flexibility index (Phi) is 7.67. The van der Waals surface area contributed by atoms with Crippen LogP contribution in [0.25, 0.3) is 11.0 Å². The van der Waals surface area contributed by atoms with E-state index in [1.165, 1.54) is 21.3 Å². The van der Waals surface area contributed by atoms with Gasteiger partial charge >= 0.3 is 5.97 Å². The van der Waals surface area contributed by atoms with Crippen molar-refractivity contribution >= 4 is 28.9 Å². The highest BCUT2D eigenvalue weighted by Gasteiger charge is 2.49. The number of amides is 1. The molecule has 0 radical (unpaired) electrons. The second-order valence-electron chi connectivity index (χ2n) is 8.57. The molecule has 9 nitrogen and oxygen atoms in total. The molecule has 0 fully saturated rings. The lowest BCUT2D eigenvalue weighted by Gasteiger charge is -2.38. The quantitative estimate of drug-likeness (QED) is 0.234. The summed E-state index contributed by atoms with van der Waals surface area (Å²) in [4.78, 5) is 33.9. The van der Waals surface area contributed by atoms with Gasteiger partial charge in [-0.05, 0) is 37.6 Å². The van der Waals surface area contributed by atoms with Gasteiger partial charge in [-0.3, -0.25) is 14.5 Å². The molecule has 3 aromatic rings. The molecule has 2 heterocycles. The van der Waals surface area contributed by atoms with Crippen molar-refractivity contribution in [1.82, 2.24) is 9.55 Å². The summed E-state index contributed by atoms with van der Waals surface area (Å²) in [5.74, 6) is -0.327. The van der Waals surface area contributed by atoms with E-state index < -0.39 is 17.9 Å². The Morgan fingerprint density at radius 2 is 1.72 bits per heavy atom. The number of unbranched alkanes of at least 4 members (excludes halogenated alkanes) is 2. The molecule has 0 saturated heterocycles. The second kappa shape index (κ2) is 10.9. The molecule has 192 valence electrons. The van der Waals surface area contributed by atoms with Crippen LogP contribution in [-0.4, -0.2) is 55.9 Å². The number of esters is 1. The zero-order valence-corrected chi connectivity index (χ0v) is 21.4. The van der Waals surface area contributed by atoms with Gasteiger partial charge in [-0.25, -0.2) is 4.98 Å². The molecule has 1 aliphatic rings. The molecule has 0 spiro atoms. The Morgan fingerprint density at radius 3 is 2.39 bits per heavy atom. The third-order valence-electron chi connectivity index (χ3n) is 6.52. The summed E-state index contributed by atoms with van der Waals surface area (Å²) in [6.45, 7) is 4.45. The maximum Gasteiger partial charge on any atom is 0.321 e. The van der Waals surface area contributed by atoms with Crippen LogP contribution in [0.5, 0.6) is 17.2 Å². The van der Waals surface area contributed by atoms with E-state index in [1.54, 1.807) is 24.0 Å². The van der Waals surface area contributed by atoms with Gasteiger partial charge in [-0.1, -0.05) is 31.9 Å². The molecule has 0 saturated carbocycles. The second-order valence-corrected chi connectivity index (χ2v) is 8.57. The summed E-state index contributed by atoms with van der Waals surface area (Å²) in [6.07, 6.45) is 2.76. The molecule has 0 aliphatic carbocycles. The van der Waals surface area contributed by atoms with Gasteiger partial charge in [0.1, 0.15) is 0 Å². The van der Waals surface area contributed by atoms with Crippen LogP contribution in [0.15, 0.2) is 36.4 Å². The highest BCUT2D eigenvalue weighted by Crippen LogP contribution is 2.48. The number of carbonyl (C=O) groups excluding carboxylic acids is 2. The average Bonchev–Trinajstić information content (AvgIpc) is 3.27. The molecule has 0 N–H and O–H groups in total. The molecule has 1 amide bonds. The van der Waals surface area contributed by atoms with Gasteiger partial charge < -0.3 is 23.5 Å². The van der Waals surface area contributed by atoms with Gasteiger partial charge in [0, 0.05) is 12.1 Å². The molecule has 1 aromatic heterocycles. The largest absolute Gasteiger partial charge is 0.493 e. The molecule has 2 atom stereocenters. The Bertz CT molecular complexity index is 1250. The van der Waals surface area contributed by atoms with E-state index in [-0.39, 0.29) is 12.5 Å². The van der Waals surface area contributed by atoms with E-state index in [4.69, 9.17) is 23.9 Å². The minimum absolute atomic E-state index is 0.159. The van der Waals surface area contributed by atoms with Crippen molar-refractivity contribution in [3.63, 3.8) is 0 Å². The summed E-state index contributed by atoms with van der Waals surface area (Å²) in [6, 6.07) is 10.4. The van der Waals surface area contributed by atoms with Gasteiger partial charge in [0.2, 0.25) is 17.6 Å². The summed E-state index contributed by atoms with van der Waals surface area (Å²) < 4.78 is 24.2. The third kappa shape index (κ3) is 4.23. The smallest absolute Gasteiger partial charge is 0.321 e. The number of hydrogen-bond donors (Lipinski definition) is 0. The Labute approximate surface area is 210 Å². The molecular weight excluding hydrogens is 462 g/mol. The Balaban J connectivity index is 2.02.